The second kappa shape index (κ2) is 8.29. The number of carbonyl (C=O) groups is 1. The van der Waals surface area contributed by atoms with Crippen LogP contribution in [0.25, 0.3) is 0 Å². The standard InChI is InChI=1S/C16H25N3O3S.ClH/c1-12(2)14-4-6-15(7-5-14)23(21,22)19-10-8-18(9-11-19)16(20)13(3)17;/h4-7,12-13H,8-11,17H2,1-3H3;1H. The number of hydrogen-bond acceptors (Lipinski definition) is 4. The van der Waals surface area contributed by atoms with Gasteiger partial charge in [0.2, 0.25) is 15.9 Å². The normalized spacial score (nSPS) is 17.5. The predicted molar refractivity (Wildman–Crippen MR) is 96.8 cm³/mol. The molecular formula is C16H26ClN3O3S. The molecular weight excluding hydrogens is 350 g/mol. The van der Waals surface area contributed by atoms with Crippen LogP contribution in [-0.2, 0) is 14.8 Å². The Hall–Kier alpha value is -1.15. The number of sulfonamides is 1. The number of nitrogens with two attached hydrogens (primary N) is 1. The molecule has 1 fully saturated rings. The lowest BCUT2D eigenvalue weighted by atomic mass is 10.0. The summed E-state index contributed by atoms with van der Waals surface area (Å²) in [5.74, 6) is 0.225. The van der Waals surface area contributed by atoms with Crippen LogP contribution in [0.2, 0.25) is 0 Å². The molecule has 0 aromatic heterocycles. The quantitative estimate of drug-likeness (QED) is 0.862. The first kappa shape index (κ1) is 20.9. The van der Waals surface area contributed by atoms with Gasteiger partial charge in [-0.2, -0.15) is 4.31 Å². The second-order valence-electron chi connectivity index (χ2n) is 6.24. The maximum absolute atomic E-state index is 12.7. The summed E-state index contributed by atoms with van der Waals surface area (Å²) in [5, 5.41) is 0. The molecule has 1 aromatic rings. The van der Waals surface area contributed by atoms with E-state index in [4.69, 9.17) is 5.73 Å². The van der Waals surface area contributed by atoms with Gasteiger partial charge in [-0.1, -0.05) is 26.0 Å². The highest BCUT2D eigenvalue weighted by atomic mass is 35.5. The lowest BCUT2D eigenvalue weighted by molar-refractivity contribution is -0.133. The van der Waals surface area contributed by atoms with E-state index in [0.29, 0.717) is 37.0 Å². The molecule has 1 aliphatic rings. The van der Waals surface area contributed by atoms with Crippen molar-refractivity contribution in [3.05, 3.63) is 29.8 Å². The van der Waals surface area contributed by atoms with E-state index in [-0.39, 0.29) is 18.3 Å². The molecule has 1 aliphatic heterocycles. The van der Waals surface area contributed by atoms with Crippen molar-refractivity contribution in [2.24, 2.45) is 5.73 Å². The minimum absolute atomic E-state index is 0. The number of rotatable bonds is 4. The highest BCUT2D eigenvalue weighted by Gasteiger charge is 2.30. The van der Waals surface area contributed by atoms with E-state index in [2.05, 4.69) is 13.8 Å². The van der Waals surface area contributed by atoms with E-state index in [1.165, 1.54) is 4.31 Å². The Bertz CT molecular complexity index is 652. The van der Waals surface area contributed by atoms with E-state index in [1.807, 2.05) is 12.1 Å². The fourth-order valence-electron chi connectivity index (χ4n) is 2.61. The summed E-state index contributed by atoms with van der Waals surface area (Å²) in [7, 11) is -3.51. The Balaban J connectivity index is 0.00000288. The van der Waals surface area contributed by atoms with Crippen molar-refractivity contribution in [3.63, 3.8) is 0 Å². The predicted octanol–water partition coefficient (Wildman–Crippen LogP) is 1.41. The van der Waals surface area contributed by atoms with Crippen molar-refractivity contribution in [2.45, 2.75) is 37.6 Å². The van der Waals surface area contributed by atoms with Crippen LogP contribution in [0.4, 0.5) is 0 Å². The summed E-state index contributed by atoms with van der Waals surface area (Å²) in [4.78, 5) is 13.8. The summed E-state index contributed by atoms with van der Waals surface area (Å²) in [6.07, 6.45) is 0. The van der Waals surface area contributed by atoms with Gasteiger partial charge in [-0.25, -0.2) is 8.42 Å². The molecule has 136 valence electrons. The molecule has 2 N–H and O–H groups in total. The van der Waals surface area contributed by atoms with Gasteiger partial charge in [0.1, 0.15) is 0 Å². The molecule has 1 saturated heterocycles. The van der Waals surface area contributed by atoms with Crippen molar-refractivity contribution >= 4 is 28.3 Å². The van der Waals surface area contributed by atoms with Crippen LogP contribution in [-0.4, -0.2) is 55.8 Å². The lowest BCUT2D eigenvalue weighted by Crippen LogP contribution is -2.53. The van der Waals surface area contributed by atoms with Crippen molar-refractivity contribution in [2.75, 3.05) is 26.2 Å². The molecule has 6 nitrogen and oxygen atoms in total. The van der Waals surface area contributed by atoms with Gasteiger partial charge >= 0.3 is 0 Å². The highest BCUT2D eigenvalue weighted by Crippen LogP contribution is 2.21. The smallest absolute Gasteiger partial charge is 0.243 e. The zero-order valence-electron chi connectivity index (χ0n) is 14.3. The van der Waals surface area contributed by atoms with E-state index in [9.17, 15) is 13.2 Å². The van der Waals surface area contributed by atoms with Crippen LogP contribution in [0.5, 0.6) is 0 Å². The lowest BCUT2D eigenvalue weighted by Gasteiger charge is -2.34. The van der Waals surface area contributed by atoms with E-state index < -0.39 is 16.1 Å². The van der Waals surface area contributed by atoms with Crippen molar-refractivity contribution in [1.29, 1.82) is 0 Å². The monoisotopic (exact) mass is 375 g/mol. The van der Waals surface area contributed by atoms with Gasteiger partial charge in [0.15, 0.2) is 0 Å². The second-order valence-corrected chi connectivity index (χ2v) is 8.18. The number of halogens is 1. The number of hydrogen-bond donors (Lipinski definition) is 1. The molecule has 2 rings (SSSR count). The maximum Gasteiger partial charge on any atom is 0.243 e. The minimum Gasteiger partial charge on any atom is -0.339 e. The molecule has 0 saturated carbocycles. The Morgan fingerprint density at radius 3 is 1.96 bits per heavy atom. The fourth-order valence-corrected chi connectivity index (χ4v) is 4.03. The SMILES string of the molecule is CC(N)C(=O)N1CCN(S(=O)(=O)c2ccc(C(C)C)cc2)CC1.Cl. The molecule has 1 amide bonds. The average Bonchev–Trinajstić information content (AvgIpc) is 2.54. The zero-order chi connectivity index (χ0) is 17.2. The third kappa shape index (κ3) is 4.47. The number of carbonyl (C=O) groups excluding carboxylic acids is 1. The van der Waals surface area contributed by atoms with Gasteiger partial charge in [-0.05, 0) is 30.5 Å². The van der Waals surface area contributed by atoms with Crippen LogP contribution < -0.4 is 5.73 Å². The van der Waals surface area contributed by atoms with Crippen LogP contribution in [0.3, 0.4) is 0 Å². The third-order valence-corrected chi connectivity index (χ3v) is 6.04. The van der Waals surface area contributed by atoms with Crippen LogP contribution in [0.1, 0.15) is 32.3 Å². The average molecular weight is 376 g/mol. The molecule has 1 atom stereocenters. The highest BCUT2D eigenvalue weighted by molar-refractivity contribution is 7.89. The number of piperazine rings is 1. The molecule has 0 bridgehead atoms. The van der Waals surface area contributed by atoms with Gasteiger partial charge in [-0.3, -0.25) is 4.79 Å². The Morgan fingerprint density at radius 2 is 1.54 bits per heavy atom. The molecule has 1 unspecified atom stereocenters. The van der Waals surface area contributed by atoms with E-state index in [1.54, 1.807) is 24.0 Å². The molecule has 8 heteroatoms. The summed E-state index contributed by atoms with van der Waals surface area (Å²) < 4.78 is 26.8. The fraction of sp³-hybridized carbons (Fsp3) is 0.562. The van der Waals surface area contributed by atoms with Crippen molar-refractivity contribution in [1.82, 2.24) is 9.21 Å². The maximum atomic E-state index is 12.7. The van der Waals surface area contributed by atoms with Crippen LogP contribution in [0.15, 0.2) is 29.2 Å². The summed E-state index contributed by atoms with van der Waals surface area (Å²) in [5.41, 5.74) is 6.70. The number of benzene rings is 1. The van der Waals surface area contributed by atoms with Gasteiger partial charge in [0.05, 0.1) is 10.9 Å². The van der Waals surface area contributed by atoms with Crippen LogP contribution >= 0.6 is 12.4 Å². The minimum atomic E-state index is -3.51. The molecule has 1 aromatic carbocycles. The molecule has 0 aliphatic carbocycles. The first-order chi connectivity index (χ1) is 10.7. The first-order valence-electron chi connectivity index (χ1n) is 7.88. The van der Waals surface area contributed by atoms with E-state index in [0.717, 1.165) is 5.56 Å². The topological polar surface area (TPSA) is 83.7 Å². The Labute approximate surface area is 150 Å². The first-order valence-corrected chi connectivity index (χ1v) is 9.32. The molecule has 0 spiro atoms. The van der Waals surface area contributed by atoms with Crippen molar-refractivity contribution < 1.29 is 13.2 Å². The van der Waals surface area contributed by atoms with Gasteiger partial charge in [0.25, 0.3) is 0 Å². The van der Waals surface area contributed by atoms with Gasteiger partial charge < -0.3 is 10.6 Å². The van der Waals surface area contributed by atoms with Gasteiger partial charge in [-0.15, -0.1) is 12.4 Å². The van der Waals surface area contributed by atoms with Crippen LogP contribution in [0, 0.1) is 0 Å². The zero-order valence-corrected chi connectivity index (χ0v) is 15.9. The summed E-state index contributed by atoms with van der Waals surface area (Å²) in [6, 6.07) is 6.47. The number of nitrogens with zero attached hydrogens (tertiary/aromatic N) is 2. The molecule has 1 heterocycles. The largest absolute Gasteiger partial charge is 0.339 e. The van der Waals surface area contributed by atoms with Crippen molar-refractivity contribution in [3.8, 4) is 0 Å². The third-order valence-electron chi connectivity index (χ3n) is 4.12. The Kier molecular flexibility index (Phi) is 7.22. The van der Waals surface area contributed by atoms with Gasteiger partial charge in [0, 0.05) is 26.2 Å². The Morgan fingerprint density at radius 1 is 1.04 bits per heavy atom. The summed E-state index contributed by atoms with van der Waals surface area (Å²) >= 11 is 0. The summed E-state index contributed by atoms with van der Waals surface area (Å²) in [6.45, 7) is 7.13. The molecule has 0 radical (unpaired) electrons. The number of amides is 1. The molecule has 24 heavy (non-hydrogen) atoms. The van der Waals surface area contributed by atoms with E-state index >= 15 is 0 Å².